The maximum atomic E-state index is 13.7. The molecule has 0 atom stereocenters. The van der Waals surface area contributed by atoms with Gasteiger partial charge in [0.25, 0.3) is 0 Å². The zero-order valence-corrected chi connectivity index (χ0v) is 26.9. The largest absolute Gasteiger partial charge is 0.493 e. The van der Waals surface area contributed by atoms with Crippen LogP contribution in [-0.2, 0) is 16.0 Å². The average molecular weight is 616 g/mol. The van der Waals surface area contributed by atoms with Gasteiger partial charge in [-0.3, -0.25) is 9.80 Å². The van der Waals surface area contributed by atoms with Crippen LogP contribution >= 0.6 is 0 Å². The summed E-state index contributed by atoms with van der Waals surface area (Å²) < 4.78 is 16.6. The first kappa shape index (κ1) is 33.8. The highest BCUT2D eigenvalue weighted by molar-refractivity contribution is 5.93. The summed E-state index contributed by atoms with van der Waals surface area (Å²) in [6, 6.07) is 23.7. The van der Waals surface area contributed by atoms with Crippen molar-refractivity contribution in [2.24, 2.45) is 0 Å². The van der Waals surface area contributed by atoms with Gasteiger partial charge < -0.3 is 14.2 Å². The van der Waals surface area contributed by atoms with E-state index in [1.165, 1.54) is 0 Å². The molecule has 9 heteroatoms. The molecule has 1 aliphatic rings. The van der Waals surface area contributed by atoms with Crippen molar-refractivity contribution in [1.29, 1.82) is 0 Å². The third-order valence-corrected chi connectivity index (χ3v) is 7.85. The van der Waals surface area contributed by atoms with Crippen molar-refractivity contribution in [2.75, 3.05) is 52.0 Å². The molecule has 0 spiro atoms. The second-order valence-corrected chi connectivity index (χ2v) is 11.0. The Morgan fingerprint density at radius 2 is 1.62 bits per heavy atom. The Morgan fingerprint density at radius 1 is 0.889 bits per heavy atom. The molecule has 241 valence electrons. The van der Waals surface area contributed by atoms with Crippen LogP contribution in [0.5, 0.6) is 11.5 Å². The van der Waals surface area contributed by atoms with E-state index in [0.29, 0.717) is 44.1 Å². The number of ether oxygens (including phenoxy) is 3. The van der Waals surface area contributed by atoms with Crippen LogP contribution in [0.4, 0.5) is 10.5 Å². The predicted octanol–water partition coefficient (Wildman–Crippen LogP) is 6.69. The highest BCUT2D eigenvalue weighted by Crippen LogP contribution is 2.33. The number of methoxy groups -OCH3 is 2. The Morgan fingerprint density at radius 3 is 2.36 bits per heavy atom. The highest BCUT2D eigenvalue weighted by atomic mass is 16.6. The molecule has 9 nitrogen and oxygen atoms in total. The second-order valence-electron chi connectivity index (χ2n) is 11.0. The number of nitrogens with one attached hydrogen (secondary N) is 1. The van der Waals surface area contributed by atoms with Crippen LogP contribution < -0.4 is 19.9 Å². The smallest absolute Gasteiger partial charge is 0.429 e. The summed E-state index contributed by atoms with van der Waals surface area (Å²) in [5, 5.41) is 5.37. The minimum atomic E-state index is -0.480. The number of rotatable bonds is 16. The quantitative estimate of drug-likeness (QED) is 0.142. The Hall–Kier alpha value is -4.08. The standard InChI is InChI=1S/C36H47N4O5/c1-4-5-12-26-39(37-23-21-29-19-20-33(43-2)34(28-29)44-3)35(41)22-27-45-36(42)40(38-24-13-7-14-25-38)32-18-11-10-17-31(32)30-15-8-6-9-16-30/h6-11,15-20,28,37H,4-5,12-14,21-27H2,1-3H3. The minimum Gasteiger partial charge on any atom is -0.493 e. The van der Waals surface area contributed by atoms with E-state index < -0.39 is 6.09 Å². The van der Waals surface area contributed by atoms with Gasteiger partial charge in [0.15, 0.2) is 11.5 Å². The van der Waals surface area contributed by atoms with Crippen molar-refractivity contribution >= 4 is 17.7 Å². The molecule has 0 unspecified atom stereocenters. The fourth-order valence-electron chi connectivity index (χ4n) is 5.43. The van der Waals surface area contributed by atoms with Gasteiger partial charge >= 0.3 is 6.09 Å². The van der Waals surface area contributed by atoms with Crippen LogP contribution in [0.2, 0.25) is 0 Å². The van der Waals surface area contributed by atoms with E-state index >= 15 is 0 Å². The van der Waals surface area contributed by atoms with Gasteiger partial charge in [-0.05, 0) is 61.4 Å². The number of carbonyl (C=O) groups excluding carboxylic acids is 2. The van der Waals surface area contributed by atoms with E-state index in [-0.39, 0.29) is 18.9 Å². The molecule has 3 aromatic rings. The maximum absolute atomic E-state index is 13.7. The topological polar surface area (TPSA) is 83.6 Å². The Bertz CT molecular complexity index is 1350. The third kappa shape index (κ3) is 9.70. The number of carbonyl (C=O) groups is 2. The van der Waals surface area contributed by atoms with Gasteiger partial charge in [0, 0.05) is 31.7 Å². The minimum absolute atomic E-state index is 0.0106. The average Bonchev–Trinajstić information content (AvgIpc) is 3.08. The van der Waals surface area contributed by atoms with Crippen molar-refractivity contribution in [1.82, 2.24) is 15.4 Å². The van der Waals surface area contributed by atoms with Gasteiger partial charge in [0.05, 0.1) is 26.3 Å². The van der Waals surface area contributed by atoms with Crippen LogP contribution in [0.15, 0.2) is 72.8 Å². The van der Waals surface area contributed by atoms with E-state index in [0.717, 1.165) is 54.5 Å². The molecule has 0 saturated carbocycles. The lowest BCUT2D eigenvalue weighted by molar-refractivity contribution is -0.135. The summed E-state index contributed by atoms with van der Waals surface area (Å²) in [7, 11) is 3.23. The summed E-state index contributed by atoms with van der Waals surface area (Å²) in [4.78, 5) is 27.0. The summed E-state index contributed by atoms with van der Waals surface area (Å²) in [5.74, 6) is 1.26. The Kier molecular flexibility index (Phi) is 13.5. The number of hydrogen-bond acceptors (Lipinski definition) is 7. The highest BCUT2D eigenvalue weighted by Gasteiger charge is 2.29. The molecule has 1 radical (unpaired) electrons. The first-order valence-electron chi connectivity index (χ1n) is 16.0. The molecule has 1 aliphatic heterocycles. The van der Waals surface area contributed by atoms with Crippen LogP contribution in [0.25, 0.3) is 11.1 Å². The Labute approximate surface area is 268 Å². The molecule has 2 amide bonds. The summed E-state index contributed by atoms with van der Waals surface area (Å²) in [6.45, 7) is 4.72. The monoisotopic (exact) mass is 615 g/mol. The van der Waals surface area contributed by atoms with E-state index in [1.54, 1.807) is 24.2 Å². The molecule has 0 aliphatic carbocycles. The summed E-state index contributed by atoms with van der Waals surface area (Å²) >= 11 is 0. The normalized spacial score (nSPS) is 13.2. The number of nitrogens with zero attached hydrogens (tertiary/aromatic N) is 3. The zero-order valence-electron chi connectivity index (χ0n) is 26.9. The number of benzene rings is 3. The van der Waals surface area contributed by atoms with Crippen molar-refractivity contribution in [2.45, 2.75) is 51.9 Å². The van der Waals surface area contributed by atoms with E-state index in [1.807, 2.05) is 77.8 Å². The summed E-state index contributed by atoms with van der Waals surface area (Å²) in [5.41, 5.74) is 7.11. The fourth-order valence-corrected chi connectivity index (χ4v) is 5.43. The van der Waals surface area contributed by atoms with Crippen LogP contribution in [0.3, 0.4) is 0 Å². The number of hydrazine groups is 2. The van der Waals surface area contributed by atoms with Crippen molar-refractivity contribution in [3.63, 3.8) is 0 Å². The molecule has 3 aromatic carbocycles. The predicted molar refractivity (Wildman–Crippen MR) is 178 cm³/mol. The number of hydrogen-bond donors (Lipinski definition) is 1. The number of para-hydroxylation sites is 1. The molecule has 0 aromatic heterocycles. The Balaban J connectivity index is 1.39. The summed E-state index contributed by atoms with van der Waals surface area (Å²) in [6.07, 6.45) is 7.30. The van der Waals surface area contributed by atoms with Gasteiger partial charge in [0.2, 0.25) is 5.91 Å². The molecular formula is C36H47N4O5. The first-order valence-corrected chi connectivity index (χ1v) is 16.0. The molecule has 4 rings (SSSR count). The third-order valence-electron chi connectivity index (χ3n) is 7.85. The molecule has 1 N–H and O–H groups in total. The zero-order chi connectivity index (χ0) is 31.9. The molecular weight excluding hydrogens is 568 g/mol. The first-order chi connectivity index (χ1) is 22.0. The molecule has 1 heterocycles. The number of unbranched alkanes of at least 4 members (excludes halogenated alkanes) is 2. The second kappa shape index (κ2) is 18.0. The lowest BCUT2D eigenvalue weighted by atomic mass is 10.0. The van der Waals surface area contributed by atoms with Gasteiger partial charge in [-0.1, -0.05) is 74.4 Å². The number of anilines is 1. The number of amides is 2. The van der Waals surface area contributed by atoms with Crippen LogP contribution in [0.1, 0.15) is 51.0 Å². The molecule has 0 bridgehead atoms. The molecule has 45 heavy (non-hydrogen) atoms. The van der Waals surface area contributed by atoms with Gasteiger partial charge in [-0.15, -0.1) is 0 Å². The van der Waals surface area contributed by atoms with E-state index in [4.69, 9.17) is 14.2 Å². The van der Waals surface area contributed by atoms with Crippen LogP contribution in [0, 0.1) is 6.42 Å². The van der Waals surface area contributed by atoms with Crippen molar-refractivity contribution in [3.05, 3.63) is 84.8 Å². The fraction of sp³-hybridized carbons (Fsp3) is 0.417. The lowest BCUT2D eigenvalue weighted by Gasteiger charge is -2.37. The van der Waals surface area contributed by atoms with Crippen molar-refractivity contribution < 1.29 is 23.8 Å². The SMILES string of the molecule is CCCCCN(NCCc1ccc(OC)c(OC)c1)C(=O)CCOC(=O)N(c1ccccc1-c1ccccc1)N1CC[CH]CC1. The van der Waals surface area contributed by atoms with Crippen molar-refractivity contribution in [3.8, 4) is 22.6 Å². The molecule has 1 fully saturated rings. The van der Waals surface area contributed by atoms with E-state index in [9.17, 15) is 9.59 Å². The maximum Gasteiger partial charge on any atom is 0.429 e. The van der Waals surface area contributed by atoms with Gasteiger partial charge in [0.1, 0.15) is 6.61 Å². The number of piperidine rings is 1. The molecule has 1 saturated heterocycles. The van der Waals surface area contributed by atoms with Crippen LogP contribution in [-0.4, -0.2) is 69.0 Å². The van der Waals surface area contributed by atoms with Gasteiger partial charge in [-0.2, -0.15) is 0 Å². The lowest BCUT2D eigenvalue weighted by Crippen LogP contribution is -2.50. The van der Waals surface area contributed by atoms with E-state index in [2.05, 4.69) is 18.8 Å². The van der Waals surface area contributed by atoms with Gasteiger partial charge in [-0.25, -0.2) is 20.2 Å².